The Labute approximate surface area is 83.9 Å². The molecule has 0 saturated carbocycles. The van der Waals surface area contributed by atoms with Crippen molar-refractivity contribution in [2.75, 3.05) is 13.1 Å². The predicted molar refractivity (Wildman–Crippen MR) is 52.8 cm³/mol. The topological polar surface area (TPSA) is 83.6 Å². The van der Waals surface area contributed by atoms with E-state index in [4.69, 9.17) is 10.8 Å². The molecule has 2 amide bonds. The Morgan fingerprint density at radius 3 is 2.07 bits per heavy atom. The van der Waals surface area contributed by atoms with Crippen LogP contribution >= 0.6 is 0 Å². The number of primary amides is 1. The number of carbonyl (C=O) groups excluding carboxylic acids is 1. The Balaban J connectivity index is 4.23. The van der Waals surface area contributed by atoms with E-state index in [1.54, 1.807) is 6.92 Å². The second-order valence-electron chi connectivity index (χ2n) is 3.88. The zero-order valence-corrected chi connectivity index (χ0v) is 8.86. The lowest BCUT2D eigenvalue weighted by atomic mass is 10.1. The minimum absolute atomic E-state index is 0.169. The second kappa shape index (κ2) is 5.47. The van der Waals surface area contributed by atoms with Crippen LogP contribution in [0.1, 0.15) is 20.8 Å². The standard InChI is InChI=1S/C9H18N2O3/c1-6(2)4-11(9(10)14)5-7(3)8(12)13/h6-7H,4-5H2,1-3H3,(H2,10,14)(H,12,13). The van der Waals surface area contributed by atoms with Gasteiger partial charge in [0, 0.05) is 13.1 Å². The summed E-state index contributed by atoms with van der Waals surface area (Å²) < 4.78 is 0. The van der Waals surface area contributed by atoms with E-state index in [1.165, 1.54) is 4.90 Å². The minimum Gasteiger partial charge on any atom is -0.481 e. The Bertz CT molecular complexity index is 216. The fourth-order valence-electron chi connectivity index (χ4n) is 1.10. The van der Waals surface area contributed by atoms with Crippen LogP contribution in [0.5, 0.6) is 0 Å². The molecule has 5 nitrogen and oxygen atoms in total. The van der Waals surface area contributed by atoms with Gasteiger partial charge in [-0.2, -0.15) is 0 Å². The van der Waals surface area contributed by atoms with Crippen LogP contribution in [0.4, 0.5) is 4.79 Å². The van der Waals surface area contributed by atoms with Gasteiger partial charge in [-0.3, -0.25) is 4.79 Å². The summed E-state index contributed by atoms with van der Waals surface area (Å²) in [4.78, 5) is 22.9. The fraction of sp³-hybridized carbons (Fsp3) is 0.778. The van der Waals surface area contributed by atoms with Crippen LogP contribution in [-0.2, 0) is 4.79 Å². The van der Waals surface area contributed by atoms with Gasteiger partial charge in [-0.25, -0.2) is 4.79 Å². The molecule has 0 aromatic carbocycles. The number of carbonyl (C=O) groups is 2. The van der Waals surface area contributed by atoms with E-state index in [2.05, 4.69) is 0 Å². The van der Waals surface area contributed by atoms with E-state index in [1.807, 2.05) is 13.8 Å². The van der Waals surface area contributed by atoms with Gasteiger partial charge < -0.3 is 15.7 Å². The van der Waals surface area contributed by atoms with Crippen molar-refractivity contribution in [3.8, 4) is 0 Å². The number of rotatable bonds is 5. The molecule has 0 aromatic rings. The Hall–Kier alpha value is -1.26. The second-order valence-corrected chi connectivity index (χ2v) is 3.88. The smallest absolute Gasteiger partial charge is 0.314 e. The van der Waals surface area contributed by atoms with Crippen molar-refractivity contribution in [3.63, 3.8) is 0 Å². The monoisotopic (exact) mass is 202 g/mol. The van der Waals surface area contributed by atoms with Crippen molar-refractivity contribution in [1.82, 2.24) is 4.90 Å². The van der Waals surface area contributed by atoms with Gasteiger partial charge in [0.1, 0.15) is 0 Å². The van der Waals surface area contributed by atoms with Gasteiger partial charge in [-0.1, -0.05) is 20.8 Å². The van der Waals surface area contributed by atoms with Crippen molar-refractivity contribution in [2.24, 2.45) is 17.6 Å². The third-order valence-corrected chi connectivity index (χ3v) is 1.81. The minimum atomic E-state index is -0.917. The van der Waals surface area contributed by atoms with Crippen LogP contribution in [0.15, 0.2) is 0 Å². The molecule has 1 atom stereocenters. The van der Waals surface area contributed by atoms with E-state index in [0.29, 0.717) is 6.54 Å². The molecule has 0 fully saturated rings. The number of carboxylic acid groups (broad SMARTS) is 1. The van der Waals surface area contributed by atoms with E-state index < -0.39 is 17.9 Å². The van der Waals surface area contributed by atoms with E-state index >= 15 is 0 Å². The van der Waals surface area contributed by atoms with Gasteiger partial charge in [0.05, 0.1) is 5.92 Å². The summed E-state index contributed by atoms with van der Waals surface area (Å²) in [7, 11) is 0. The molecule has 1 unspecified atom stereocenters. The molecule has 14 heavy (non-hydrogen) atoms. The van der Waals surface area contributed by atoms with Gasteiger partial charge in [0.2, 0.25) is 0 Å². The summed E-state index contributed by atoms with van der Waals surface area (Å²) in [6.45, 7) is 6.11. The highest BCUT2D eigenvalue weighted by atomic mass is 16.4. The average Bonchev–Trinajstić information content (AvgIpc) is 2.01. The highest BCUT2D eigenvalue weighted by molar-refractivity contribution is 5.74. The zero-order valence-electron chi connectivity index (χ0n) is 8.86. The lowest BCUT2D eigenvalue weighted by molar-refractivity contribution is -0.141. The van der Waals surface area contributed by atoms with Gasteiger partial charge in [0.15, 0.2) is 0 Å². The molecule has 0 saturated heterocycles. The maximum atomic E-state index is 10.9. The molecule has 0 aliphatic heterocycles. The highest BCUT2D eigenvalue weighted by Crippen LogP contribution is 2.04. The Kier molecular flexibility index (Phi) is 4.97. The van der Waals surface area contributed by atoms with Crippen molar-refractivity contribution in [1.29, 1.82) is 0 Å². The van der Waals surface area contributed by atoms with Gasteiger partial charge in [-0.05, 0) is 5.92 Å². The zero-order chi connectivity index (χ0) is 11.3. The third kappa shape index (κ3) is 4.69. The van der Waals surface area contributed by atoms with Crippen LogP contribution in [-0.4, -0.2) is 35.1 Å². The highest BCUT2D eigenvalue weighted by Gasteiger charge is 2.19. The van der Waals surface area contributed by atoms with Crippen molar-refractivity contribution in [2.45, 2.75) is 20.8 Å². The Morgan fingerprint density at radius 1 is 1.29 bits per heavy atom. The van der Waals surface area contributed by atoms with Gasteiger partial charge in [-0.15, -0.1) is 0 Å². The molecule has 5 heteroatoms. The molecule has 0 radical (unpaired) electrons. The molecule has 0 spiro atoms. The molecule has 0 aliphatic rings. The lowest BCUT2D eigenvalue weighted by Gasteiger charge is -2.24. The normalized spacial score (nSPS) is 12.6. The predicted octanol–water partition coefficient (Wildman–Crippen LogP) is 0.744. The maximum Gasteiger partial charge on any atom is 0.314 e. The first kappa shape index (κ1) is 12.7. The number of hydrogen-bond acceptors (Lipinski definition) is 2. The van der Waals surface area contributed by atoms with E-state index in [0.717, 1.165) is 0 Å². The summed E-state index contributed by atoms with van der Waals surface area (Å²) >= 11 is 0. The van der Waals surface area contributed by atoms with Crippen molar-refractivity contribution >= 4 is 12.0 Å². The Morgan fingerprint density at radius 2 is 1.79 bits per heavy atom. The van der Waals surface area contributed by atoms with Crippen LogP contribution in [0.25, 0.3) is 0 Å². The number of hydrogen-bond donors (Lipinski definition) is 2. The molecule has 0 aromatic heterocycles. The van der Waals surface area contributed by atoms with E-state index in [-0.39, 0.29) is 12.5 Å². The number of amides is 2. The van der Waals surface area contributed by atoms with Crippen molar-refractivity contribution < 1.29 is 14.7 Å². The molecular formula is C9H18N2O3. The number of nitrogens with zero attached hydrogens (tertiary/aromatic N) is 1. The maximum absolute atomic E-state index is 10.9. The SMILES string of the molecule is CC(C)CN(CC(C)C(=O)O)C(N)=O. The van der Waals surface area contributed by atoms with Crippen molar-refractivity contribution in [3.05, 3.63) is 0 Å². The number of urea groups is 1. The molecule has 0 rings (SSSR count). The molecule has 82 valence electrons. The average molecular weight is 202 g/mol. The number of nitrogens with two attached hydrogens (primary N) is 1. The largest absolute Gasteiger partial charge is 0.481 e. The van der Waals surface area contributed by atoms with Crippen LogP contribution in [0.3, 0.4) is 0 Å². The fourth-order valence-corrected chi connectivity index (χ4v) is 1.10. The molecule has 0 heterocycles. The van der Waals surface area contributed by atoms with E-state index in [9.17, 15) is 9.59 Å². The van der Waals surface area contributed by atoms with Gasteiger partial charge >= 0.3 is 12.0 Å². The van der Waals surface area contributed by atoms with Crippen LogP contribution < -0.4 is 5.73 Å². The van der Waals surface area contributed by atoms with Gasteiger partial charge in [0.25, 0.3) is 0 Å². The lowest BCUT2D eigenvalue weighted by Crippen LogP contribution is -2.42. The first-order valence-corrected chi connectivity index (χ1v) is 4.61. The molecular weight excluding hydrogens is 184 g/mol. The summed E-state index contributed by atoms with van der Waals surface area (Å²) in [5.41, 5.74) is 5.13. The molecule has 0 bridgehead atoms. The quantitative estimate of drug-likeness (QED) is 0.689. The number of aliphatic carboxylic acids is 1. The molecule has 3 N–H and O–H groups in total. The number of carboxylic acids is 1. The summed E-state index contributed by atoms with van der Waals surface area (Å²) in [6.07, 6.45) is 0. The van der Waals surface area contributed by atoms with Crippen LogP contribution in [0, 0.1) is 11.8 Å². The molecule has 0 aliphatic carbocycles. The summed E-state index contributed by atoms with van der Waals surface area (Å²) in [5, 5.41) is 8.67. The summed E-state index contributed by atoms with van der Waals surface area (Å²) in [5.74, 6) is -1.22. The summed E-state index contributed by atoms with van der Waals surface area (Å²) in [6, 6.07) is -0.563. The van der Waals surface area contributed by atoms with Crippen LogP contribution in [0.2, 0.25) is 0 Å². The first-order valence-electron chi connectivity index (χ1n) is 4.61. The first-order chi connectivity index (χ1) is 6.34. The third-order valence-electron chi connectivity index (χ3n) is 1.81.